The molecule has 0 spiro atoms. The second-order valence-corrected chi connectivity index (χ2v) is 5.21. The van der Waals surface area contributed by atoms with Crippen molar-refractivity contribution in [3.8, 4) is 0 Å². The van der Waals surface area contributed by atoms with E-state index in [-0.39, 0.29) is 5.54 Å². The fourth-order valence-corrected chi connectivity index (χ4v) is 2.20. The number of para-hydroxylation sites is 1. The molecule has 0 unspecified atom stereocenters. The zero-order valence-corrected chi connectivity index (χ0v) is 11.2. The number of hydrogen-bond donors (Lipinski definition) is 2. The average Bonchev–Trinajstić information content (AvgIpc) is 2.28. The van der Waals surface area contributed by atoms with Crippen molar-refractivity contribution >= 4 is 22.7 Å². The molecule has 3 N–H and O–H groups in total. The van der Waals surface area contributed by atoms with E-state index in [1.807, 2.05) is 24.3 Å². The van der Waals surface area contributed by atoms with E-state index >= 15 is 0 Å². The molecule has 0 radical (unpaired) electrons. The molecule has 4 nitrogen and oxygen atoms in total. The molecule has 0 saturated heterocycles. The number of rotatable bonds is 4. The van der Waals surface area contributed by atoms with Crippen LogP contribution in [0.4, 0.5) is 11.8 Å². The lowest BCUT2D eigenvalue weighted by atomic mass is 9.99. The first-order valence-electron chi connectivity index (χ1n) is 6.32. The van der Waals surface area contributed by atoms with E-state index in [1.165, 1.54) is 0 Å². The maximum absolute atomic E-state index is 5.76. The van der Waals surface area contributed by atoms with Crippen LogP contribution in [0.3, 0.4) is 0 Å². The lowest BCUT2D eigenvalue weighted by Crippen LogP contribution is -2.31. The van der Waals surface area contributed by atoms with Crippen molar-refractivity contribution in [3.63, 3.8) is 0 Å². The Balaban J connectivity index is 2.44. The molecule has 2 rings (SSSR count). The minimum Gasteiger partial charge on any atom is -0.368 e. The number of anilines is 2. The second-order valence-electron chi connectivity index (χ2n) is 5.21. The van der Waals surface area contributed by atoms with Crippen LogP contribution >= 0.6 is 0 Å². The molecule has 0 fully saturated rings. The molecule has 0 atom stereocenters. The van der Waals surface area contributed by atoms with Crippen molar-refractivity contribution in [2.24, 2.45) is 0 Å². The molecular weight excluding hydrogens is 224 g/mol. The van der Waals surface area contributed by atoms with Crippen molar-refractivity contribution in [2.45, 2.75) is 39.2 Å². The van der Waals surface area contributed by atoms with E-state index in [9.17, 15) is 0 Å². The highest BCUT2D eigenvalue weighted by Crippen LogP contribution is 2.25. The van der Waals surface area contributed by atoms with Crippen LogP contribution in [-0.2, 0) is 0 Å². The van der Waals surface area contributed by atoms with Crippen LogP contribution in [0.5, 0.6) is 0 Å². The molecule has 1 aromatic carbocycles. The van der Waals surface area contributed by atoms with Gasteiger partial charge in [-0.15, -0.1) is 0 Å². The smallest absolute Gasteiger partial charge is 0.222 e. The van der Waals surface area contributed by atoms with Gasteiger partial charge in [-0.25, -0.2) is 4.98 Å². The predicted octanol–water partition coefficient (Wildman–Crippen LogP) is 3.20. The van der Waals surface area contributed by atoms with Crippen molar-refractivity contribution in [2.75, 3.05) is 11.1 Å². The highest BCUT2D eigenvalue weighted by molar-refractivity contribution is 5.90. The summed E-state index contributed by atoms with van der Waals surface area (Å²) in [4.78, 5) is 8.56. The monoisotopic (exact) mass is 244 g/mol. The number of nitrogen functional groups attached to an aromatic ring is 1. The topological polar surface area (TPSA) is 63.8 Å². The van der Waals surface area contributed by atoms with Gasteiger partial charge in [0.2, 0.25) is 5.95 Å². The van der Waals surface area contributed by atoms with Gasteiger partial charge in [-0.1, -0.05) is 25.5 Å². The minimum absolute atomic E-state index is 0.00167. The Morgan fingerprint density at radius 2 is 1.94 bits per heavy atom. The molecule has 2 aromatic rings. The minimum atomic E-state index is -0.00167. The number of nitrogens with zero attached hydrogens (tertiary/aromatic N) is 2. The van der Waals surface area contributed by atoms with E-state index in [1.54, 1.807) is 0 Å². The normalized spacial score (nSPS) is 11.7. The largest absolute Gasteiger partial charge is 0.368 e. The van der Waals surface area contributed by atoms with Crippen LogP contribution in [0.25, 0.3) is 10.9 Å². The highest BCUT2D eigenvalue weighted by Gasteiger charge is 2.18. The van der Waals surface area contributed by atoms with E-state index in [2.05, 4.69) is 36.1 Å². The first-order valence-corrected chi connectivity index (χ1v) is 6.32. The van der Waals surface area contributed by atoms with Gasteiger partial charge in [0, 0.05) is 10.9 Å². The Kier molecular flexibility index (Phi) is 3.36. The molecular formula is C14H20N4. The van der Waals surface area contributed by atoms with Crippen LogP contribution < -0.4 is 11.1 Å². The summed E-state index contributed by atoms with van der Waals surface area (Å²) in [5, 5.41) is 4.48. The van der Waals surface area contributed by atoms with Gasteiger partial charge in [-0.2, -0.15) is 4.98 Å². The molecule has 96 valence electrons. The third kappa shape index (κ3) is 2.70. The van der Waals surface area contributed by atoms with Crippen molar-refractivity contribution in [1.29, 1.82) is 0 Å². The molecule has 0 bridgehead atoms. The Bertz CT molecular complexity index is 548. The first-order chi connectivity index (χ1) is 8.52. The van der Waals surface area contributed by atoms with Crippen LogP contribution in [0.1, 0.15) is 33.6 Å². The maximum Gasteiger partial charge on any atom is 0.222 e. The zero-order valence-electron chi connectivity index (χ0n) is 11.2. The number of aromatic nitrogens is 2. The SMILES string of the molecule is CCCC(C)(C)Nc1nc(N)nc2ccccc12. The Labute approximate surface area is 108 Å². The number of nitrogens with two attached hydrogens (primary N) is 1. The second kappa shape index (κ2) is 4.80. The molecule has 1 heterocycles. The van der Waals surface area contributed by atoms with Crippen molar-refractivity contribution in [3.05, 3.63) is 24.3 Å². The van der Waals surface area contributed by atoms with Gasteiger partial charge in [0.15, 0.2) is 0 Å². The fraction of sp³-hybridized carbons (Fsp3) is 0.429. The van der Waals surface area contributed by atoms with Gasteiger partial charge < -0.3 is 11.1 Å². The third-order valence-electron chi connectivity index (χ3n) is 2.95. The molecule has 0 aliphatic rings. The Morgan fingerprint density at radius 3 is 2.67 bits per heavy atom. The standard InChI is InChI=1S/C14H20N4/c1-4-9-14(2,3)18-12-10-7-5-6-8-11(10)16-13(15)17-12/h5-8H,4,9H2,1-3H3,(H3,15,16,17,18). The lowest BCUT2D eigenvalue weighted by Gasteiger charge is -2.27. The highest BCUT2D eigenvalue weighted by atomic mass is 15.1. The summed E-state index contributed by atoms with van der Waals surface area (Å²) < 4.78 is 0. The maximum atomic E-state index is 5.76. The predicted molar refractivity (Wildman–Crippen MR) is 76.6 cm³/mol. The number of fused-ring (bicyclic) bond motifs is 1. The van der Waals surface area contributed by atoms with E-state index < -0.39 is 0 Å². The van der Waals surface area contributed by atoms with Gasteiger partial charge in [-0.05, 0) is 32.4 Å². The Hall–Kier alpha value is -1.84. The van der Waals surface area contributed by atoms with Gasteiger partial charge in [0.05, 0.1) is 5.52 Å². The van der Waals surface area contributed by atoms with E-state index in [0.29, 0.717) is 5.95 Å². The number of benzene rings is 1. The molecule has 0 aliphatic heterocycles. The van der Waals surface area contributed by atoms with Gasteiger partial charge in [0.1, 0.15) is 5.82 Å². The lowest BCUT2D eigenvalue weighted by molar-refractivity contribution is 0.510. The van der Waals surface area contributed by atoms with Crippen molar-refractivity contribution < 1.29 is 0 Å². The molecule has 0 amide bonds. The third-order valence-corrected chi connectivity index (χ3v) is 2.95. The van der Waals surface area contributed by atoms with Crippen LogP contribution in [0.15, 0.2) is 24.3 Å². The Morgan fingerprint density at radius 1 is 1.22 bits per heavy atom. The zero-order chi connectivity index (χ0) is 13.2. The summed E-state index contributed by atoms with van der Waals surface area (Å²) in [6, 6.07) is 7.90. The van der Waals surface area contributed by atoms with Crippen LogP contribution in [0, 0.1) is 0 Å². The average molecular weight is 244 g/mol. The molecule has 4 heteroatoms. The first kappa shape index (κ1) is 12.6. The van der Waals surface area contributed by atoms with Crippen LogP contribution in [-0.4, -0.2) is 15.5 Å². The molecule has 0 saturated carbocycles. The summed E-state index contributed by atoms with van der Waals surface area (Å²) >= 11 is 0. The summed E-state index contributed by atoms with van der Waals surface area (Å²) in [5.74, 6) is 1.13. The number of nitrogens with one attached hydrogen (secondary N) is 1. The summed E-state index contributed by atoms with van der Waals surface area (Å²) in [6.45, 7) is 6.52. The van der Waals surface area contributed by atoms with Gasteiger partial charge in [-0.3, -0.25) is 0 Å². The van der Waals surface area contributed by atoms with E-state index in [4.69, 9.17) is 5.73 Å². The summed E-state index contributed by atoms with van der Waals surface area (Å²) in [6.07, 6.45) is 2.20. The van der Waals surface area contributed by atoms with Gasteiger partial charge in [0.25, 0.3) is 0 Å². The summed E-state index contributed by atoms with van der Waals surface area (Å²) in [5.41, 5.74) is 6.63. The molecule has 1 aromatic heterocycles. The van der Waals surface area contributed by atoms with E-state index in [0.717, 1.165) is 29.6 Å². The summed E-state index contributed by atoms with van der Waals surface area (Å²) in [7, 11) is 0. The van der Waals surface area contributed by atoms with Crippen molar-refractivity contribution in [1.82, 2.24) is 9.97 Å². The fourth-order valence-electron chi connectivity index (χ4n) is 2.20. The van der Waals surface area contributed by atoms with Gasteiger partial charge >= 0.3 is 0 Å². The quantitative estimate of drug-likeness (QED) is 0.866. The molecule has 0 aliphatic carbocycles. The number of hydrogen-bond acceptors (Lipinski definition) is 4. The molecule has 18 heavy (non-hydrogen) atoms. The van der Waals surface area contributed by atoms with Crippen LogP contribution in [0.2, 0.25) is 0 Å².